The second kappa shape index (κ2) is 12.2. The number of carbonyl (C=O) groups is 5. The number of carbonyl (C=O) groups excluding carboxylic acids is 4. The van der Waals surface area contributed by atoms with Gasteiger partial charge in [-0.1, -0.05) is 5.16 Å². The van der Waals surface area contributed by atoms with Crippen LogP contribution in [0.5, 0.6) is 11.5 Å². The number of oxime groups is 1. The molecule has 1 aliphatic heterocycles. The molecular weight excluding hydrogens is 604 g/mol. The summed E-state index contributed by atoms with van der Waals surface area (Å²) in [5.74, 6) is -5.27. The summed E-state index contributed by atoms with van der Waals surface area (Å²) in [6, 6.07) is 0.665. The number of β-lactam (4-membered cyclic amide) rings is 1. The Balaban J connectivity index is 1.55. The minimum absolute atomic E-state index is 0.0430. The Morgan fingerprint density at radius 3 is 2.50 bits per heavy atom. The third-order valence-corrected chi connectivity index (χ3v) is 6.88. The molecule has 1 aliphatic rings. The molecule has 19 nitrogen and oxygen atoms in total. The highest BCUT2D eigenvalue weighted by molar-refractivity contribution is 7.88. The van der Waals surface area contributed by atoms with E-state index in [0.29, 0.717) is 4.90 Å². The number of hydrogen-bond donors (Lipinski definition) is 8. The molecule has 5 amide bonds. The molecule has 226 valence electrons. The maximum atomic E-state index is 12.8. The molecule has 1 aromatic carbocycles. The molecule has 0 saturated carbocycles. The molecule has 2 heterocycles. The Kier molecular flexibility index (Phi) is 9.18. The van der Waals surface area contributed by atoms with Crippen LogP contribution in [0.1, 0.15) is 19.5 Å². The standard InChI is InChI=1S/C21H24N8O11S2/c1-21(2,18(35)36)40-27-15(11-8-41-19(22)26-11)16(33)25-10-7-29(17(10)34)20(37)28-42(38,39)23-6-14(32)24-9-3-4-12(30)13(31)5-9/h3-5,8,10,23,30-31H,6-7H2,1-2H3,(H2,22,26)(H,24,32)(H,25,33)(H,28,37)(H,35,36)/t10-/m0/s1. The van der Waals surface area contributed by atoms with Crippen molar-refractivity contribution in [2.24, 2.45) is 5.16 Å². The molecule has 0 bridgehead atoms. The number of aliphatic carboxylic acids is 1. The number of nitrogen functional groups attached to an aromatic ring is 1. The molecule has 2 aromatic rings. The maximum absolute atomic E-state index is 12.8. The highest BCUT2D eigenvalue weighted by atomic mass is 32.2. The van der Waals surface area contributed by atoms with E-state index in [-0.39, 0.29) is 16.5 Å². The Morgan fingerprint density at radius 1 is 1.24 bits per heavy atom. The van der Waals surface area contributed by atoms with Gasteiger partial charge in [0.25, 0.3) is 11.8 Å². The van der Waals surface area contributed by atoms with Crippen LogP contribution in [0.25, 0.3) is 0 Å². The Morgan fingerprint density at radius 2 is 1.93 bits per heavy atom. The lowest BCUT2D eigenvalue weighted by molar-refractivity contribution is -0.161. The van der Waals surface area contributed by atoms with Crippen molar-refractivity contribution in [3.8, 4) is 11.5 Å². The molecule has 9 N–H and O–H groups in total. The van der Waals surface area contributed by atoms with Crippen molar-refractivity contribution in [3.63, 3.8) is 0 Å². The van der Waals surface area contributed by atoms with Crippen LogP contribution in [0.3, 0.4) is 0 Å². The van der Waals surface area contributed by atoms with Crippen molar-refractivity contribution < 1.29 is 52.5 Å². The molecule has 1 saturated heterocycles. The fraction of sp³-hybridized carbons (Fsp3) is 0.286. The summed E-state index contributed by atoms with van der Waals surface area (Å²) < 4.78 is 27.7. The number of nitrogens with two attached hydrogens (primary N) is 1. The Bertz CT molecular complexity index is 1570. The number of imide groups is 1. The number of phenols is 2. The lowest BCUT2D eigenvalue weighted by Crippen LogP contribution is -2.68. The average molecular weight is 629 g/mol. The Hall–Kier alpha value is -5.02. The first-order chi connectivity index (χ1) is 19.5. The third-order valence-electron chi connectivity index (χ3n) is 5.24. The van der Waals surface area contributed by atoms with Gasteiger partial charge in [-0.05, 0) is 26.0 Å². The van der Waals surface area contributed by atoms with Crippen LogP contribution in [0.4, 0.5) is 15.6 Å². The monoisotopic (exact) mass is 628 g/mol. The van der Waals surface area contributed by atoms with E-state index in [1.165, 1.54) is 30.0 Å². The van der Waals surface area contributed by atoms with Gasteiger partial charge in [0.15, 0.2) is 22.3 Å². The van der Waals surface area contributed by atoms with Crippen LogP contribution in [-0.2, 0) is 34.2 Å². The molecule has 1 fully saturated rings. The summed E-state index contributed by atoms with van der Waals surface area (Å²) in [7, 11) is -4.63. The third kappa shape index (κ3) is 7.80. The van der Waals surface area contributed by atoms with Gasteiger partial charge in [0.05, 0.1) is 13.1 Å². The normalized spacial score (nSPS) is 15.4. The zero-order valence-corrected chi connectivity index (χ0v) is 23.3. The number of benzene rings is 1. The van der Waals surface area contributed by atoms with E-state index in [0.717, 1.165) is 23.5 Å². The largest absolute Gasteiger partial charge is 0.504 e. The smallest absolute Gasteiger partial charge is 0.350 e. The number of nitrogens with one attached hydrogen (secondary N) is 4. The number of amides is 5. The molecule has 1 atom stereocenters. The van der Waals surface area contributed by atoms with E-state index < -0.39 is 81.9 Å². The van der Waals surface area contributed by atoms with Crippen molar-refractivity contribution in [1.29, 1.82) is 0 Å². The zero-order chi connectivity index (χ0) is 31.4. The van der Waals surface area contributed by atoms with E-state index in [1.807, 2.05) is 0 Å². The van der Waals surface area contributed by atoms with E-state index >= 15 is 0 Å². The van der Waals surface area contributed by atoms with Gasteiger partial charge in [0, 0.05) is 17.1 Å². The van der Waals surface area contributed by atoms with Crippen molar-refractivity contribution in [2.75, 3.05) is 24.1 Å². The van der Waals surface area contributed by atoms with Gasteiger partial charge in [-0.15, -0.1) is 11.3 Å². The lowest BCUT2D eigenvalue weighted by atomic mass is 10.1. The number of nitrogens with zero attached hydrogens (tertiary/aromatic N) is 3. The summed E-state index contributed by atoms with van der Waals surface area (Å²) in [5.41, 5.74) is 3.20. The number of thiazole rings is 1. The minimum atomic E-state index is -4.63. The highest BCUT2D eigenvalue weighted by Crippen LogP contribution is 2.27. The molecule has 0 aliphatic carbocycles. The van der Waals surface area contributed by atoms with E-state index in [1.54, 1.807) is 4.72 Å². The first kappa shape index (κ1) is 31.5. The summed E-state index contributed by atoms with van der Waals surface area (Å²) in [6.45, 7) is 1.05. The van der Waals surface area contributed by atoms with Crippen LogP contribution in [0, 0.1) is 0 Å². The molecule has 42 heavy (non-hydrogen) atoms. The van der Waals surface area contributed by atoms with Gasteiger partial charge < -0.3 is 36.5 Å². The number of rotatable bonds is 11. The molecule has 1 aromatic heterocycles. The number of urea groups is 1. The number of aromatic hydroxyl groups is 2. The quantitative estimate of drug-likeness (QED) is 0.0450. The predicted molar refractivity (Wildman–Crippen MR) is 143 cm³/mol. The summed E-state index contributed by atoms with van der Waals surface area (Å²) in [6.07, 6.45) is 0. The lowest BCUT2D eigenvalue weighted by Gasteiger charge is -2.36. The topological polar surface area (TPSA) is 292 Å². The van der Waals surface area contributed by atoms with Crippen LogP contribution in [0.15, 0.2) is 28.7 Å². The van der Waals surface area contributed by atoms with Crippen LogP contribution < -0.4 is 25.8 Å². The van der Waals surface area contributed by atoms with Crippen molar-refractivity contribution in [3.05, 3.63) is 29.3 Å². The number of anilines is 2. The number of phenolic OH excluding ortho intramolecular Hbond substituents is 2. The fourth-order valence-corrected chi connectivity index (χ4v) is 4.20. The second-order valence-corrected chi connectivity index (χ2v) is 11.3. The van der Waals surface area contributed by atoms with Crippen LogP contribution in [-0.4, -0.2) is 93.8 Å². The van der Waals surface area contributed by atoms with Gasteiger partial charge in [0.1, 0.15) is 11.7 Å². The average Bonchev–Trinajstić information content (AvgIpc) is 3.32. The van der Waals surface area contributed by atoms with Gasteiger partial charge in [-0.2, -0.15) is 13.1 Å². The van der Waals surface area contributed by atoms with Crippen LogP contribution >= 0.6 is 11.3 Å². The van der Waals surface area contributed by atoms with E-state index in [4.69, 9.17) is 10.6 Å². The summed E-state index contributed by atoms with van der Waals surface area (Å²) in [4.78, 5) is 70.2. The molecule has 0 unspecified atom stereocenters. The minimum Gasteiger partial charge on any atom is -0.504 e. The van der Waals surface area contributed by atoms with Crippen LogP contribution in [0.2, 0.25) is 0 Å². The first-order valence-corrected chi connectivity index (χ1v) is 13.8. The SMILES string of the molecule is CC(C)(ON=C(C(=O)N[C@H]1CN(C(=O)NS(=O)(=O)NCC(=O)Nc2ccc(O)c(O)c2)C1=O)c1csc(N)n1)C(=O)O. The van der Waals surface area contributed by atoms with Gasteiger partial charge >= 0.3 is 22.2 Å². The van der Waals surface area contributed by atoms with Gasteiger partial charge in [0.2, 0.25) is 11.5 Å². The Labute approximate surface area is 240 Å². The first-order valence-electron chi connectivity index (χ1n) is 11.5. The molecular formula is C21H24N8O11S2. The van der Waals surface area contributed by atoms with Crippen molar-refractivity contribution in [1.82, 2.24) is 24.6 Å². The predicted octanol–water partition coefficient (Wildman–Crippen LogP) is -1.77. The number of aromatic nitrogens is 1. The number of carboxylic acid groups (broad SMARTS) is 1. The van der Waals surface area contributed by atoms with Crippen molar-refractivity contribution in [2.45, 2.75) is 25.5 Å². The zero-order valence-electron chi connectivity index (χ0n) is 21.6. The summed E-state index contributed by atoms with van der Waals surface area (Å²) >= 11 is 0.944. The highest BCUT2D eigenvalue weighted by Gasteiger charge is 2.43. The summed E-state index contributed by atoms with van der Waals surface area (Å²) in [5, 5.41) is 37.4. The second-order valence-electron chi connectivity index (χ2n) is 8.88. The molecule has 3 rings (SSSR count). The fourth-order valence-electron chi connectivity index (χ4n) is 2.92. The van der Waals surface area contributed by atoms with Crippen molar-refractivity contribution >= 4 is 67.8 Å². The number of likely N-dealkylation sites (tertiary alicyclic amines) is 1. The van der Waals surface area contributed by atoms with E-state index in [9.17, 15) is 47.7 Å². The van der Waals surface area contributed by atoms with Gasteiger partial charge in [-0.25, -0.2) is 19.3 Å². The molecule has 0 radical (unpaired) electrons. The van der Waals surface area contributed by atoms with Gasteiger partial charge in [-0.3, -0.25) is 19.3 Å². The number of hydrogen-bond acceptors (Lipinski definition) is 14. The van der Waals surface area contributed by atoms with E-state index in [2.05, 4.69) is 20.8 Å². The molecule has 21 heteroatoms. The maximum Gasteiger partial charge on any atom is 0.350 e. The molecule has 0 spiro atoms. The number of carboxylic acids is 1.